The summed E-state index contributed by atoms with van der Waals surface area (Å²) in [6, 6.07) is -0.119. The van der Waals surface area contributed by atoms with Gasteiger partial charge in [0.2, 0.25) is 0 Å². The van der Waals surface area contributed by atoms with E-state index in [1.165, 1.54) is 12.8 Å². The van der Waals surface area contributed by atoms with Gasteiger partial charge in [0.1, 0.15) is 0 Å². The van der Waals surface area contributed by atoms with Gasteiger partial charge in [-0.2, -0.15) is 5.10 Å². The molecule has 1 aliphatic rings. The van der Waals surface area contributed by atoms with Gasteiger partial charge in [-0.05, 0) is 35.7 Å². The van der Waals surface area contributed by atoms with Gasteiger partial charge in [0, 0.05) is 13.7 Å². The van der Waals surface area contributed by atoms with Crippen molar-refractivity contribution in [1.29, 1.82) is 0 Å². The van der Waals surface area contributed by atoms with Gasteiger partial charge in [-0.1, -0.05) is 12.8 Å². The van der Waals surface area contributed by atoms with Crippen LogP contribution in [0.3, 0.4) is 0 Å². The zero-order valence-electron chi connectivity index (χ0n) is 10.4. The molecule has 5 heteroatoms. The van der Waals surface area contributed by atoms with Crippen LogP contribution >= 0.6 is 15.9 Å². The quantitative estimate of drug-likeness (QED) is 0.930. The number of hydrogen-bond donors (Lipinski definition) is 1. The van der Waals surface area contributed by atoms with E-state index in [4.69, 9.17) is 10.5 Å². The molecule has 17 heavy (non-hydrogen) atoms. The zero-order valence-corrected chi connectivity index (χ0v) is 12.0. The van der Waals surface area contributed by atoms with Gasteiger partial charge >= 0.3 is 0 Å². The summed E-state index contributed by atoms with van der Waals surface area (Å²) >= 11 is 3.54. The Hall–Kier alpha value is -0.390. The minimum absolute atomic E-state index is 0.119. The maximum absolute atomic E-state index is 6.45. The molecule has 0 spiro atoms. The molecule has 2 N–H and O–H groups in total. The van der Waals surface area contributed by atoms with Crippen LogP contribution in [0, 0.1) is 0 Å². The van der Waals surface area contributed by atoms with Gasteiger partial charge < -0.3 is 10.5 Å². The molecule has 1 heterocycles. The van der Waals surface area contributed by atoms with Gasteiger partial charge in [-0.15, -0.1) is 0 Å². The van der Waals surface area contributed by atoms with Gasteiger partial charge in [0.05, 0.1) is 28.0 Å². The molecule has 1 aromatic rings. The monoisotopic (exact) mass is 301 g/mol. The Balaban J connectivity index is 2.35. The van der Waals surface area contributed by atoms with E-state index in [1.807, 2.05) is 10.9 Å². The first-order chi connectivity index (χ1) is 8.14. The van der Waals surface area contributed by atoms with Crippen molar-refractivity contribution in [3.8, 4) is 0 Å². The topological polar surface area (TPSA) is 53.1 Å². The third-order valence-corrected chi connectivity index (χ3v) is 4.46. The molecule has 1 atom stereocenters. The molecule has 1 saturated carbocycles. The smallest absolute Gasteiger partial charge is 0.0886 e. The Kier molecular flexibility index (Phi) is 3.90. The molecule has 96 valence electrons. The Labute approximate surface area is 111 Å². The van der Waals surface area contributed by atoms with Crippen molar-refractivity contribution in [3.05, 3.63) is 16.4 Å². The normalized spacial score (nSPS) is 20.7. The number of aryl methyl sites for hydroxylation is 1. The van der Waals surface area contributed by atoms with Crippen LogP contribution in [0.15, 0.2) is 10.7 Å². The molecule has 1 aliphatic carbocycles. The molecule has 1 fully saturated rings. The Morgan fingerprint density at radius 1 is 1.59 bits per heavy atom. The fourth-order valence-electron chi connectivity index (χ4n) is 2.80. The van der Waals surface area contributed by atoms with Crippen LogP contribution in [0.25, 0.3) is 0 Å². The van der Waals surface area contributed by atoms with Crippen molar-refractivity contribution >= 4 is 15.9 Å². The average molecular weight is 302 g/mol. The molecule has 0 aromatic carbocycles. The first kappa shape index (κ1) is 13.1. The second-order valence-corrected chi connectivity index (χ2v) is 5.50. The maximum Gasteiger partial charge on any atom is 0.0886 e. The Bertz CT molecular complexity index is 385. The number of hydrogen-bond acceptors (Lipinski definition) is 3. The molecular weight excluding hydrogens is 282 g/mol. The predicted molar refractivity (Wildman–Crippen MR) is 70.7 cm³/mol. The molecule has 0 saturated heterocycles. The molecule has 0 aliphatic heterocycles. The van der Waals surface area contributed by atoms with Crippen LogP contribution in [0.5, 0.6) is 0 Å². The van der Waals surface area contributed by atoms with E-state index >= 15 is 0 Å². The fraction of sp³-hybridized carbons (Fsp3) is 0.750. The molecule has 4 nitrogen and oxygen atoms in total. The standard InChI is InChI=1S/C12H20BrN3O/c1-3-16-10(9(13)8-15-16)11(14)12(17-2)6-4-5-7-12/h8,11H,3-7,14H2,1-2H3. The lowest BCUT2D eigenvalue weighted by atomic mass is 9.90. The van der Waals surface area contributed by atoms with Crippen LogP contribution in [0.4, 0.5) is 0 Å². The molecule has 1 aromatic heterocycles. The lowest BCUT2D eigenvalue weighted by molar-refractivity contribution is -0.0285. The number of halogens is 1. The Morgan fingerprint density at radius 3 is 2.76 bits per heavy atom. The van der Waals surface area contributed by atoms with Crippen LogP contribution in [0.1, 0.15) is 44.3 Å². The van der Waals surface area contributed by atoms with Gasteiger partial charge in [0.15, 0.2) is 0 Å². The fourth-order valence-corrected chi connectivity index (χ4v) is 3.34. The highest BCUT2D eigenvalue weighted by molar-refractivity contribution is 9.10. The van der Waals surface area contributed by atoms with Crippen molar-refractivity contribution in [2.24, 2.45) is 5.73 Å². The maximum atomic E-state index is 6.45. The number of aromatic nitrogens is 2. The van der Waals surface area contributed by atoms with E-state index in [0.29, 0.717) is 0 Å². The second kappa shape index (κ2) is 5.08. The highest BCUT2D eigenvalue weighted by Crippen LogP contribution is 2.42. The van der Waals surface area contributed by atoms with Crippen LogP contribution < -0.4 is 5.73 Å². The van der Waals surface area contributed by atoms with E-state index in [1.54, 1.807) is 7.11 Å². The number of nitrogens with zero attached hydrogens (tertiary/aromatic N) is 2. The number of methoxy groups -OCH3 is 1. The van der Waals surface area contributed by atoms with Crippen LogP contribution in [0.2, 0.25) is 0 Å². The summed E-state index contributed by atoms with van der Waals surface area (Å²) in [5.74, 6) is 0. The first-order valence-electron chi connectivity index (χ1n) is 6.16. The van der Waals surface area contributed by atoms with E-state index in [9.17, 15) is 0 Å². The predicted octanol–water partition coefficient (Wildman–Crippen LogP) is 2.62. The Morgan fingerprint density at radius 2 is 2.24 bits per heavy atom. The number of rotatable bonds is 4. The van der Waals surface area contributed by atoms with Crippen molar-refractivity contribution in [2.75, 3.05) is 7.11 Å². The SMILES string of the molecule is CCn1ncc(Br)c1C(N)C1(OC)CCCC1. The van der Waals surface area contributed by atoms with Crippen LogP contribution in [-0.4, -0.2) is 22.5 Å². The van der Waals surface area contributed by atoms with Gasteiger partial charge in [0.25, 0.3) is 0 Å². The molecule has 0 amide bonds. The molecule has 1 unspecified atom stereocenters. The zero-order chi connectivity index (χ0) is 12.5. The third kappa shape index (κ3) is 2.16. The molecular formula is C12H20BrN3O. The summed E-state index contributed by atoms with van der Waals surface area (Å²) in [6.07, 6.45) is 6.27. The van der Waals surface area contributed by atoms with Gasteiger partial charge in [-0.3, -0.25) is 4.68 Å². The third-order valence-electron chi connectivity index (χ3n) is 3.85. The van der Waals surface area contributed by atoms with E-state index in [2.05, 4.69) is 28.0 Å². The lowest BCUT2D eigenvalue weighted by Crippen LogP contribution is -2.41. The molecule has 0 radical (unpaired) electrons. The summed E-state index contributed by atoms with van der Waals surface area (Å²) in [7, 11) is 1.77. The second-order valence-electron chi connectivity index (χ2n) is 4.65. The highest BCUT2D eigenvalue weighted by atomic mass is 79.9. The number of nitrogens with two attached hydrogens (primary N) is 1. The van der Waals surface area contributed by atoms with Crippen molar-refractivity contribution in [1.82, 2.24) is 9.78 Å². The van der Waals surface area contributed by atoms with Gasteiger partial charge in [-0.25, -0.2) is 0 Å². The first-order valence-corrected chi connectivity index (χ1v) is 6.96. The van der Waals surface area contributed by atoms with E-state index in [0.717, 1.165) is 29.6 Å². The van der Waals surface area contributed by atoms with Crippen LogP contribution in [-0.2, 0) is 11.3 Å². The largest absolute Gasteiger partial charge is 0.376 e. The number of ether oxygens (including phenoxy) is 1. The average Bonchev–Trinajstić information content (AvgIpc) is 2.95. The minimum Gasteiger partial charge on any atom is -0.376 e. The van der Waals surface area contributed by atoms with E-state index in [-0.39, 0.29) is 11.6 Å². The molecule has 2 rings (SSSR count). The highest BCUT2D eigenvalue weighted by Gasteiger charge is 2.42. The summed E-state index contributed by atoms with van der Waals surface area (Å²) in [5.41, 5.74) is 7.29. The molecule has 0 bridgehead atoms. The summed E-state index contributed by atoms with van der Waals surface area (Å²) in [6.45, 7) is 2.90. The van der Waals surface area contributed by atoms with E-state index < -0.39 is 0 Å². The summed E-state index contributed by atoms with van der Waals surface area (Å²) in [5, 5.41) is 4.33. The van der Waals surface area contributed by atoms with Crippen molar-refractivity contribution < 1.29 is 4.74 Å². The lowest BCUT2D eigenvalue weighted by Gasteiger charge is -2.34. The minimum atomic E-state index is -0.213. The summed E-state index contributed by atoms with van der Waals surface area (Å²) < 4.78 is 8.69. The summed E-state index contributed by atoms with van der Waals surface area (Å²) in [4.78, 5) is 0. The van der Waals surface area contributed by atoms with Crippen molar-refractivity contribution in [2.45, 2.75) is 50.8 Å². The van der Waals surface area contributed by atoms with Crippen molar-refractivity contribution in [3.63, 3.8) is 0 Å².